The van der Waals surface area contributed by atoms with Gasteiger partial charge in [-0.15, -0.1) is 0 Å². The molecule has 0 aliphatic heterocycles. The molecule has 1 saturated carbocycles. The lowest BCUT2D eigenvalue weighted by atomic mass is 9.86. The van der Waals surface area contributed by atoms with Crippen LogP contribution < -0.4 is 10.5 Å². The molecular formula is C18H25N3O2. The average Bonchev–Trinajstić information content (AvgIpc) is 3.01. The van der Waals surface area contributed by atoms with Crippen molar-refractivity contribution < 1.29 is 9.84 Å². The van der Waals surface area contributed by atoms with Crippen LogP contribution in [0.3, 0.4) is 0 Å². The van der Waals surface area contributed by atoms with Gasteiger partial charge in [0.05, 0.1) is 6.61 Å². The molecule has 3 N–H and O–H groups in total. The van der Waals surface area contributed by atoms with Crippen LogP contribution in [0.25, 0.3) is 11.4 Å². The van der Waals surface area contributed by atoms with Crippen molar-refractivity contribution in [2.45, 2.75) is 38.3 Å². The van der Waals surface area contributed by atoms with E-state index in [1.165, 1.54) is 12.8 Å². The summed E-state index contributed by atoms with van der Waals surface area (Å²) in [5.41, 5.74) is 7.14. The zero-order valence-electron chi connectivity index (χ0n) is 13.4. The second-order valence-electron chi connectivity index (χ2n) is 6.30. The van der Waals surface area contributed by atoms with E-state index >= 15 is 0 Å². The first-order chi connectivity index (χ1) is 11.3. The van der Waals surface area contributed by atoms with Gasteiger partial charge in [0.2, 0.25) is 0 Å². The maximum Gasteiger partial charge on any atom is 0.140 e. The van der Waals surface area contributed by atoms with Crippen LogP contribution in [0, 0.1) is 5.92 Å². The average molecular weight is 315 g/mol. The molecule has 3 rings (SSSR count). The van der Waals surface area contributed by atoms with Gasteiger partial charge in [-0.3, -0.25) is 0 Å². The van der Waals surface area contributed by atoms with Crippen molar-refractivity contribution in [2.24, 2.45) is 11.7 Å². The fraction of sp³-hybridized carbons (Fsp3) is 0.500. The predicted molar refractivity (Wildman–Crippen MR) is 90.2 cm³/mol. The number of ether oxygens (including phenoxy) is 1. The van der Waals surface area contributed by atoms with Gasteiger partial charge in [-0.25, -0.2) is 4.98 Å². The standard InChI is InChI=1S/C18H25N3O2/c19-16-5-1-3-14(11-16)13-21-8-7-20-18(21)15-4-2-6-17(12-15)23-10-9-22/h2,4,6-8,12,14,16,22H,1,3,5,9-11,13,19H2/t14-,16+/m0/s1. The van der Waals surface area contributed by atoms with Gasteiger partial charge in [0.1, 0.15) is 18.2 Å². The Morgan fingerprint density at radius 3 is 3.09 bits per heavy atom. The quantitative estimate of drug-likeness (QED) is 0.859. The third-order valence-electron chi connectivity index (χ3n) is 4.45. The number of nitrogens with zero attached hydrogens (tertiary/aromatic N) is 2. The summed E-state index contributed by atoms with van der Waals surface area (Å²) in [6, 6.07) is 8.21. The highest BCUT2D eigenvalue weighted by molar-refractivity contribution is 5.58. The van der Waals surface area contributed by atoms with E-state index < -0.39 is 0 Å². The Morgan fingerprint density at radius 2 is 2.26 bits per heavy atom. The lowest BCUT2D eigenvalue weighted by Crippen LogP contribution is -2.29. The molecule has 2 aromatic rings. The smallest absolute Gasteiger partial charge is 0.140 e. The maximum absolute atomic E-state index is 8.88. The first kappa shape index (κ1) is 16.0. The molecule has 1 aromatic carbocycles. The number of hydrogen-bond donors (Lipinski definition) is 2. The second-order valence-corrected chi connectivity index (χ2v) is 6.30. The molecular weight excluding hydrogens is 290 g/mol. The Labute approximate surface area is 137 Å². The zero-order valence-corrected chi connectivity index (χ0v) is 13.4. The highest BCUT2D eigenvalue weighted by atomic mass is 16.5. The Morgan fingerprint density at radius 1 is 1.35 bits per heavy atom. The monoisotopic (exact) mass is 315 g/mol. The van der Waals surface area contributed by atoms with Crippen molar-refractivity contribution in [1.29, 1.82) is 0 Å². The van der Waals surface area contributed by atoms with Crippen LogP contribution in [-0.4, -0.2) is 33.9 Å². The minimum atomic E-state index is 0.0147. The van der Waals surface area contributed by atoms with E-state index in [0.29, 0.717) is 18.6 Å². The van der Waals surface area contributed by atoms with Crippen molar-refractivity contribution in [1.82, 2.24) is 9.55 Å². The van der Waals surface area contributed by atoms with Crippen LogP contribution in [0.2, 0.25) is 0 Å². The molecule has 0 spiro atoms. The summed E-state index contributed by atoms with van der Waals surface area (Å²) in [5.74, 6) is 2.34. The van der Waals surface area contributed by atoms with Crippen LogP contribution in [0.1, 0.15) is 25.7 Å². The predicted octanol–water partition coefficient (Wildman–Crippen LogP) is 2.44. The summed E-state index contributed by atoms with van der Waals surface area (Å²) in [7, 11) is 0. The molecule has 2 atom stereocenters. The third kappa shape index (κ3) is 4.12. The van der Waals surface area contributed by atoms with Gasteiger partial charge in [-0.2, -0.15) is 0 Å². The van der Waals surface area contributed by atoms with Crippen LogP contribution >= 0.6 is 0 Å². The van der Waals surface area contributed by atoms with E-state index in [2.05, 4.69) is 9.55 Å². The van der Waals surface area contributed by atoms with Gasteiger partial charge >= 0.3 is 0 Å². The molecule has 1 aliphatic rings. The van der Waals surface area contributed by atoms with Gasteiger partial charge < -0.3 is 20.1 Å². The van der Waals surface area contributed by atoms with E-state index in [9.17, 15) is 0 Å². The molecule has 23 heavy (non-hydrogen) atoms. The number of hydrogen-bond acceptors (Lipinski definition) is 4. The van der Waals surface area contributed by atoms with Crippen molar-refractivity contribution >= 4 is 0 Å². The molecule has 5 nitrogen and oxygen atoms in total. The van der Waals surface area contributed by atoms with Crippen LogP contribution in [-0.2, 0) is 6.54 Å². The first-order valence-corrected chi connectivity index (χ1v) is 8.37. The Balaban J connectivity index is 1.75. The van der Waals surface area contributed by atoms with Crippen molar-refractivity contribution in [2.75, 3.05) is 13.2 Å². The molecule has 124 valence electrons. The molecule has 1 aromatic heterocycles. The summed E-state index contributed by atoms with van der Waals surface area (Å²) in [6.07, 6.45) is 8.59. The maximum atomic E-state index is 8.88. The Bertz CT molecular complexity index is 626. The largest absolute Gasteiger partial charge is 0.491 e. The van der Waals surface area contributed by atoms with E-state index in [1.807, 2.05) is 36.7 Å². The van der Waals surface area contributed by atoms with Crippen LogP contribution in [0.5, 0.6) is 5.75 Å². The van der Waals surface area contributed by atoms with E-state index in [-0.39, 0.29) is 6.61 Å². The normalized spacial score (nSPS) is 21.3. The molecule has 0 bridgehead atoms. The highest BCUT2D eigenvalue weighted by Crippen LogP contribution is 2.28. The minimum Gasteiger partial charge on any atom is -0.491 e. The number of aromatic nitrogens is 2. The molecule has 1 aliphatic carbocycles. The van der Waals surface area contributed by atoms with Crippen LogP contribution in [0.15, 0.2) is 36.7 Å². The van der Waals surface area contributed by atoms with Crippen LogP contribution in [0.4, 0.5) is 0 Å². The number of rotatable bonds is 6. The number of aliphatic hydroxyl groups excluding tert-OH is 1. The minimum absolute atomic E-state index is 0.0147. The molecule has 1 fully saturated rings. The fourth-order valence-electron chi connectivity index (χ4n) is 3.38. The summed E-state index contributed by atoms with van der Waals surface area (Å²) in [4.78, 5) is 4.52. The summed E-state index contributed by atoms with van der Waals surface area (Å²) in [5, 5.41) is 8.88. The second kappa shape index (κ2) is 7.62. The molecule has 5 heteroatoms. The van der Waals surface area contributed by atoms with Gasteiger partial charge in [-0.1, -0.05) is 18.6 Å². The van der Waals surface area contributed by atoms with E-state index in [1.54, 1.807) is 0 Å². The Kier molecular flexibility index (Phi) is 5.31. The summed E-state index contributed by atoms with van der Waals surface area (Å²) in [6.45, 7) is 1.28. The zero-order chi connectivity index (χ0) is 16.1. The SMILES string of the molecule is N[C@@H]1CCC[C@H](Cn2ccnc2-c2cccc(OCCO)c2)C1. The highest BCUT2D eigenvalue weighted by Gasteiger charge is 2.20. The molecule has 0 amide bonds. The molecule has 1 heterocycles. The fourth-order valence-corrected chi connectivity index (χ4v) is 3.38. The number of nitrogens with two attached hydrogens (primary N) is 1. The van der Waals surface area contributed by atoms with Gasteiger partial charge in [0.15, 0.2) is 0 Å². The topological polar surface area (TPSA) is 73.3 Å². The van der Waals surface area contributed by atoms with Crippen molar-refractivity contribution in [3.05, 3.63) is 36.7 Å². The lowest BCUT2D eigenvalue weighted by molar-refractivity contribution is 0.201. The first-order valence-electron chi connectivity index (χ1n) is 8.37. The number of imidazole rings is 1. The number of aliphatic hydroxyl groups is 1. The molecule has 0 unspecified atom stereocenters. The third-order valence-corrected chi connectivity index (χ3v) is 4.45. The van der Waals surface area contributed by atoms with Crippen molar-refractivity contribution in [3.63, 3.8) is 0 Å². The summed E-state index contributed by atoms with van der Waals surface area (Å²) < 4.78 is 7.71. The van der Waals surface area contributed by atoms with Crippen molar-refractivity contribution in [3.8, 4) is 17.1 Å². The molecule has 0 radical (unpaired) electrons. The molecule has 0 saturated heterocycles. The van der Waals surface area contributed by atoms with Gasteiger partial charge in [0.25, 0.3) is 0 Å². The van der Waals surface area contributed by atoms with Gasteiger partial charge in [-0.05, 0) is 37.3 Å². The number of benzene rings is 1. The van der Waals surface area contributed by atoms with E-state index in [0.717, 1.165) is 36.5 Å². The van der Waals surface area contributed by atoms with E-state index in [4.69, 9.17) is 15.6 Å². The Hall–Kier alpha value is -1.85. The van der Waals surface area contributed by atoms with Gasteiger partial charge in [0, 0.05) is 30.5 Å². The summed E-state index contributed by atoms with van der Waals surface area (Å²) >= 11 is 0. The lowest BCUT2D eigenvalue weighted by Gasteiger charge is -2.27.